The lowest BCUT2D eigenvalue weighted by Gasteiger charge is -2.72. The number of carbonyl (C=O) groups is 1. The van der Waals surface area contributed by atoms with Crippen LogP contribution in [-0.2, 0) is 9.53 Å². The highest BCUT2D eigenvalue weighted by atomic mass is 16.6. The Morgan fingerprint density at radius 3 is 2.35 bits per heavy atom. The Morgan fingerprint density at radius 1 is 0.941 bits per heavy atom. The summed E-state index contributed by atoms with van der Waals surface area (Å²) in [5.41, 5.74) is -1.06. The van der Waals surface area contributed by atoms with Gasteiger partial charge in [0.2, 0.25) is 0 Å². The first kappa shape index (κ1) is 23.5. The highest BCUT2D eigenvalue weighted by molar-refractivity contribution is 5.82. The number of carbonyl (C=O) groups excluding carboxylic acids is 1. The Kier molecular flexibility index (Phi) is 4.51. The zero-order chi connectivity index (χ0) is 24.6. The second-order valence-corrected chi connectivity index (χ2v) is 15.2. The molecule has 0 amide bonds. The Hall–Kier alpha value is -0.870. The summed E-state index contributed by atoms with van der Waals surface area (Å²) in [5.74, 6) is 0.995. The lowest BCUT2D eigenvalue weighted by Crippen LogP contribution is -2.70. The van der Waals surface area contributed by atoms with Gasteiger partial charge in [-0.2, -0.15) is 0 Å². The topological polar surface area (TPSA) is 66.8 Å². The highest BCUT2D eigenvalue weighted by Crippen LogP contribution is 2.79. The van der Waals surface area contributed by atoms with Crippen molar-refractivity contribution >= 4 is 5.97 Å². The van der Waals surface area contributed by atoms with E-state index in [2.05, 4.69) is 53.7 Å². The van der Waals surface area contributed by atoms with E-state index in [1.54, 1.807) is 0 Å². The Bertz CT molecular complexity index is 955. The van der Waals surface area contributed by atoms with E-state index < -0.39 is 17.1 Å². The van der Waals surface area contributed by atoms with Crippen LogP contribution in [0.3, 0.4) is 0 Å². The van der Waals surface area contributed by atoms with Gasteiger partial charge < -0.3 is 14.9 Å². The number of allylic oxidation sites excluding steroid dienone is 1. The largest absolute Gasteiger partial charge is 0.453 e. The Morgan fingerprint density at radius 2 is 1.65 bits per heavy atom. The van der Waals surface area contributed by atoms with Crippen LogP contribution < -0.4 is 0 Å². The molecule has 5 fully saturated rings. The molecule has 1 heterocycles. The molecule has 2 N–H and O–H groups in total. The SMILES string of the molecule is CC1(C)CC[C@@]23CC[C@]4(C)[C@@](C=C[C@@H]5[C@@]6(C)CC[C@@H](O)[C@@](C)(CO)[C@@H]6CC[C@]54C)(OC2=O)[C@@H]3C1. The van der Waals surface area contributed by atoms with E-state index in [1.807, 2.05) is 0 Å². The lowest BCUT2D eigenvalue weighted by atomic mass is 9.32. The summed E-state index contributed by atoms with van der Waals surface area (Å²) >= 11 is 0. The summed E-state index contributed by atoms with van der Waals surface area (Å²) in [5, 5.41) is 21.4. The lowest BCUT2D eigenvalue weighted by molar-refractivity contribution is -0.247. The van der Waals surface area contributed by atoms with Crippen molar-refractivity contribution in [3.8, 4) is 0 Å². The number of aliphatic hydroxyl groups excluding tert-OH is 2. The van der Waals surface area contributed by atoms with Gasteiger partial charge in [0.05, 0.1) is 18.1 Å². The molecule has 6 aliphatic rings. The van der Waals surface area contributed by atoms with E-state index in [-0.39, 0.29) is 51.5 Å². The fraction of sp³-hybridized carbons (Fsp3) is 0.900. The quantitative estimate of drug-likeness (QED) is 0.383. The average Bonchev–Trinajstić information content (AvgIpc) is 2.95. The first-order chi connectivity index (χ1) is 15.7. The van der Waals surface area contributed by atoms with Crippen LogP contribution in [0.5, 0.6) is 0 Å². The van der Waals surface area contributed by atoms with E-state index in [0.29, 0.717) is 5.92 Å². The van der Waals surface area contributed by atoms with E-state index in [1.165, 1.54) is 0 Å². The normalized spacial score (nSPS) is 59.4. The van der Waals surface area contributed by atoms with Gasteiger partial charge in [0, 0.05) is 16.7 Å². The molecule has 0 aromatic carbocycles. The maximum Gasteiger partial charge on any atom is 0.313 e. The Balaban J connectivity index is 1.50. The number of fused-ring (bicyclic) bond motifs is 4. The minimum absolute atomic E-state index is 0.0179. The first-order valence-corrected chi connectivity index (χ1v) is 14.0. The van der Waals surface area contributed by atoms with Crippen LogP contribution in [0.2, 0.25) is 0 Å². The van der Waals surface area contributed by atoms with E-state index in [0.717, 1.165) is 57.8 Å². The fourth-order valence-corrected chi connectivity index (χ4v) is 11.2. The number of ether oxygens (including phenoxy) is 1. The van der Waals surface area contributed by atoms with Gasteiger partial charge in [0.15, 0.2) is 0 Å². The minimum Gasteiger partial charge on any atom is -0.453 e. The summed E-state index contributed by atoms with van der Waals surface area (Å²) < 4.78 is 6.67. The van der Waals surface area contributed by atoms with Crippen LogP contribution in [0.1, 0.15) is 99.3 Å². The zero-order valence-corrected chi connectivity index (χ0v) is 22.2. The summed E-state index contributed by atoms with van der Waals surface area (Å²) in [7, 11) is 0. The molecule has 1 spiro atoms. The number of hydrogen-bond donors (Lipinski definition) is 2. The van der Waals surface area contributed by atoms with Gasteiger partial charge in [0.1, 0.15) is 5.60 Å². The van der Waals surface area contributed by atoms with Crippen molar-refractivity contribution in [2.24, 2.45) is 50.2 Å². The predicted octanol–water partition coefficient (Wildman–Crippen LogP) is 5.66. The number of hydrogen-bond acceptors (Lipinski definition) is 4. The van der Waals surface area contributed by atoms with E-state index in [4.69, 9.17) is 4.74 Å². The van der Waals surface area contributed by atoms with Crippen LogP contribution >= 0.6 is 0 Å². The van der Waals surface area contributed by atoms with Crippen LogP contribution in [0.4, 0.5) is 0 Å². The van der Waals surface area contributed by atoms with Gasteiger partial charge in [0.25, 0.3) is 0 Å². The van der Waals surface area contributed by atoms with Crippen molar-refractivity contribution in [3.63, 3.8) is 0 Å². The van der Waals surface area contributed by atoms with Crippen molar-refractivity contribution in [1.82, 2.24) is 0 Å². The first-order valence-electron chi connectivity index (χ1n) is 14.0. The monoisotopic (exact) mass is 470 g/mol. The van der Waals surface area contributed by atoms with Gasteiger partial charge in [-0.05, 0) is 91.9 Å². The van der Waals surface area contributed by atoms with Gasteiger partial charge >= 0.3 is 5.97 Å². The molecule has 1 saturated heterocycles. The molecule has 10 atom stereocenters. The Labute approximate surface area is 205 Å². The second kappa shape index (κ2) is 6.52. The van der Waals surface area contributed by atoms with Crippen LogP contribution in [0.25, 0.3) is 0 Å². The minimum atomic E-state index is -0.497. The van der Waals surface area contributed by atoms with E-state index in [9.17, 15) is 15.0 Å². The molecule has 5 aliphatic carbocycles. The molecule has 0 radical (unpaired) electrons. The molecule has 0 aromatic rings. The van der Waals surface area contributed by atoms with Gasteiger partial charge in [-0.3, -0.25) is 4.79 Å². The van der Waals surface area contributed by atoms with Gasteiger partial charge in [-0.1, -0.05) is 47.6 Å². The maximum atomic E-state index is 13.6. The van der Waals surface area contributed by atoms with E-state index >= 15 is 0 Å². The molecule has 0 aromatic heterocycles. The fourth-order valence-electron chi connectivity index (χ4n) is 11.2. The molecule has 0 unspecified atom stereocenters. The highest BCUT2D eigenvalue weighted by Gasteiger charge is 2.80. The summed E-state index contributed by atoms with van der Waals surface area (Å²) in [6.07, 6.45) is 13.4. The molecule has 34 heavy (non-hydrogen) atoms. The molecule has 6 rings (SSSR count). The number of esters is 1. The molecular weight excluding hydrogens is 424 g/mol. The predicted molar refractivity (Wildman–Crippen MR) is 132 cm³/mol. The molecule has 4 nitrogen and oxygen atoms in total. The van der Waals surface area contributed by atoms with Crippen molar-refractivity contribution in [1.29, 1.82) is 0 Å². The summed E-state index contributed by atoms with van der Waals surface area (Å²) in [6.45, 7) is 14.3. The molecule has 190 valence electrons. The second-order valence-electron chi connectivity index (χ2n) is 15.2. The zero-order valence-electron chi connectivity index (χ0n) is 22.2. The number of rotatable bonds is 1. The standard InChI is InChI=1S/C30H46O4/c1-24(2)13-15-29-16-14-28(6)27(5)11-7-19-25(3,10-9-22(32)26(19,4)18-31)20(27)8-12-30(28,21(29)17-24)34-23(29)33/h8,12,19-22,31-32H,7,9-11,13-18H2,1-6H3/t19-,20-,21-,22-,25+,26+,27-,28+,29+,30+/m1/s1. The van der Waals surface area contributed by atoms with Crippen LogP contribution in [0.15, 0.2) is 12.2 Å². The third kappa shape index (κ3) is 2.33. The molecule has 1 aliphatic heterocycles. The van der Waals surface area contributed by atoms with Crippen molar-refractivity contribution < 1.29 is 19.7 Å². The van der Waals surface area contributed by atoms with Crippen LogP contribution in [-0.4, -0.2) is 34.5 Å². The maximum absolute atomic E-state index is 13.6. The molecular formula is C30H46O4. The van der Waals surface area contributed by atoms with Crippen molar-refractivity contribution in [2.45, 2.75) is 111 Å². The van der Waals surface area contributed by atoms with Gasteiger partial charge in [-0.15, -0.1) is 0 Å². The van der Waals surface area contributed by atoms with Gasteiger partial charge in [-0.25, -0.2) is 0 Å². The third-order valence-electron chi connectivity index (χ3n) is 13.6. The average molecular weight is 471 g/mol. The van der Waals surface area contributed by atoms with Crippen molar-refractivity contribution in [2.75, 3.05) is 6.61 Å². The van der Waals surface area contributed by atoms with Crippen molar-refractivity contribution in [3.05, 3.63) is 12.2 Å². The van der Waals surface area contributed by atoms with Crippen LogP contribution in [0, 0.1) is 50.2 Å². The number of aliphatic hydroxyl groups is 2. The summed E-state index contributed by atoms with van der Waals surface area (Å²) in [4.78, 5) is 13.6. The smallest absolute Gasteiger partial charge is 0.313 e. The molecule has 4 heteroatoms. The summed E-state index contributed by atoms with van der Waals surface area (Å²) in [6, 6.07) is 0. The molecule has 2 bridgehead atoms. The third-order valence-corrected chi connectivity index (χ3v) is 13.6. The molecule has 4 saturated carbocycles.